The van der Waals surface area contributed by atoms with Gasteiger partial charge in [0.2, 0.25) is 0 Å². The third-order valence-electron chi connectivity index (χ3n) is 1.78. The van der Waals surface area contributed by atoms with Gasteiger partial charge in [-0.1, -0.05) is 42.5 Å². The van der Waals surface area contributed by atoms with Crippen molar-refractivity contribution in [1.82, 2.24) is 0 Å². The van der Waals surface area contributed by atoms with Crippen LogP contribution < -0.4 is 5.73 Å². The molecule has 0 bridgehead atoms. The molecule has 5 heteroatoms. The predicted molar refractivity (Wildman–Crippen MR) is 60.4 cm³/mol. The van der Waals surface area contributed by atoms with E-state index in [2.05, 4.69) is 0 Å². The third-order valence-corrected chi connectivity index (χ3v) is 2.68. The second kappa shape index (κ2) is 5.24. The van der Waals surface area contributed by atoms with E-state index in [0.29, 0.717) is 0 Å². The van der Waals surface area contributed by atoms with Crippen molar-refractivity contribution in [2.24, 2.45) is 5.73 Å². The Hall–Kier alpha value is -0.930. The van der Waals surface area contributed by atoms with Gasteiger partial charge in [-0.3, -0.25) is 4.57 Å². The monoisotopic (exact) mass is 227 g/mol. The first-order valence-electron chi connectivity index (χ1n) is 4.51. The second-order valence-electron chi connectivity index (χ2n) is 3.28. The molecule has 0 radical (unpaired) electrons. The van der Waals surface area contributed by atoms with Crippen molar-refractivity contribution in [2.45, 2.75) is 6.04 Å². The summed E-state index contributed by atoms with van der Waals surface area (Å²) in [7, 11) is -4.02. The fourth-order valence-electron chi connectivity index (χ4n) is 1.13. The highest BCUT2D eigenvalue weighted by Crippen LogP contribution is 2.34. The minimum atomic E-state index is -4.02. The normalized spacial score (nSPS) is 14.3. The minimum absolute atomic E-state index is 0.323. The highest BCUT2D eigenvalue weighted by Gasteiger charge is 2.16. The van der Waals surface area contributed by atoms with Gasteiger partial charge in [0.05, 0.1) is 6.16 Å². The van der Waals surface area contributed by atoms with Gasteiger partial charge in [0, 0.05) is 6.04 Å². The molecule has 0 unspecified atom stereocenters. The third kappa shape index (κ3) is 5.50. The summed E-state index contributed by atoms with van der Waals surface area (Å²) < 4.78 is 10.6. The van der Waals surface area contributed by atoms with Gasteiger partial charge < -0.3 is 15.5 Å². The summed E-state index contributed by atoms with van der Waals surface area (Å²) in [6, 6.07) is 8.82. The molecule has 1 rings (SSSR count). The molecular weight excluding hydrogens is 213 g/mol. The quantitative estimate of drug-likeness (QED) is 0.675. The van der Waals surface area contributed by atoms with E-state index in [1.54, 1.807) is 12.2 Å². The minimum Gasteiger partial charge on any atom is -0.324 e. The molecule has 4 N–H and O–H groups in total. The lowest BCUT2D eigenvalue weighted by Crippen LogP contribution is -2.21. The van der Waals surface area contributed by atoms with Gasteiger partial charge in [-0.05, 0) is 5.56 Å². The average Bonchev–Trinajstić information content (AvgIpc) is 2.14. The molecule has 0 aliphatic heterocycles. The molecule has 0 saturated carbocycles. The van der Waals surface area contributed by atoms with Crippen molar-refractivity contribution in [2.75, 3.05) is 6.16 Å². The van der Waals surface area contributed by atoms with Crippen molar-refractivity contribution in [3.05, 3.63) is 42.0 Å². The van der Waals surface area contributed by atoms with E-state index in [-0.39, 0.29) is 6.16 Å². The van der Waals surface area contributed by atoms with Crippen LogP contribution in [0.15, 0.2) is 36.4 Å². The summed E-state index contributed by atoms with van der Waals surface area (Å²) in [6.45, 7) is 0. The summed E-state index contributed by atoms with van der Waals surface area (Å²) in [5.74, 6) is 0. The van der Waals surface area contributed by atoms with Crippen molar-refractivity contribution in [1.29, 1.82) is 0 Å². The molecule has 0 fully saturated rings. The lowest BCUT2D eigenvalue weighted by Gasteiger charge is -2.07. The van der Waals surface area contributed by atoms with Gasteiger partial charge in [-0.25, -0.2) is 0 Å². The van der Waals surface area contributed by atoms with Gasteiger partial charge >= 0.3 is 7.60 Å². The Kier molecular flexibility index (Phi) is 4.24. The molecule has 0 heterocycles. The molecule has 0 amide bonds. The Labute approximate surface area is 88.6 Å². The predicted octanol–water partition coefficient (Wildman–Crippen LogP) is 1.20. The Balaban J connectivity index is 2.55. The van der Waals surface area contributed by atoms with Crippen LogP contribution in [0.3, 0.4) is 0 Å². The maximum absolute atomic E-state index is 10.6. The van der Waals surface area contributed by atoms with Crippen molar-refractivity contribution < 1.29 is 14.4 Å². The molecule has 0 spiro atoms. The number of hydrogen-bond acceptors (Lipinski definition) is 2. The van der Waals surface area contributed by atoms with Crippen LogP contribution in [0.5, 0.6) is 0 Å². The molecule has 1 atom stereocenters. The number of hydrogen-bond donors (Lipinski definition) is 3. The molecule has 15 heavy (non-hydrogen) atoms. The lowest BCUT2D eigenvalue weighted by molar-refractivity contribution is 0.371. The second-order valence-corrected chi connectivity index (χ2v) is 4.98. The van der Waals surface area contributed by atoms with E-state index in [1.165, 1.54) is 0 Å². The maximum Gasteiger partial charge on any atom is 0.327 e. The zero-order chi connectivity index (χ0) is 11.3. The molecule has 82 valence electrons. The van der Waals surface area contributed by atoms with E-state index in [9.17, 15) is 4.57 Å². The first-order chi connectivity index (χ1) is 6.97. The van der Waals surface area contributed by atoms with Gasteiger partial charge in [0.25, 0.3) is 0 Å². The van der Waals surface area contributed by atoms with Crippen molar-refractivity contribution in [3.8, 4) is 0 Å². The maximum atomic E-state index is 10.6. The standard InChI is InChI=1S/C10H14NO3P/c11-10(8-15(12,13)14)7-6-9-4-2-1-3-5-9/h1-7,10H,8,11H2,(H2,12,13,14)/b7-6+/t10-/m0/s1. The van der Waals surface area contributed by atoms with Crippen LogP contribution in [0.4, 0.5) is 0 Å². The Morgan fingerprint density at radius 2 is 1.93 bits per heavy atom. The summed E-state index contributed by atoms with van der Waals surface area (Å²) >= 11 is 0. The van der Waals surface area contributed by atoms with Crippen LogP contribution in [0.1, 0.15) is 5.56 Å². The van der Waals surface area contributed by atoms with E-state index < -0.39 is 13.6 Å². The number of rotatable bonds is 4. The zero-order valence-corrected chi connectivity index (χ0v) is 9.05. The Morgan fingerprint density at radius 3 is 2.47 bits per heavy atom. The van der Waals surface area contributed by atoms with Crippen LogP contribution in [0, 0.1) is 0 Å². The Bertz CT molecular complexity index is 372. The van der Waals surface area contributed by atoms with Crippen molar-refractivity contribution >= 4 is 13.7 Å². The zero-order valence-electron chi connectivity index (χ0n) is 8.15. The van der Waals surface area contributed by atoms with Gasteiger partial charge in [0.15, 0.2) is 0 Å². The Morgan fingerprint density at radius 1 is 1.33 bits per heavy atom. The van der Waals surface area contributed by atoms with Crippen LogP contribution >= 0.6 is 7.60 Å². The summed E-state index contributed by atoms with van der Waals surface area (Å²) in [5.41, 5.74) is 6.49. The first-order valence-corrected chi connectivity index (χ1v) is 6.30. The van der Waals surface area contributed by atoms with Gasteiger partial charge in [-0.2, -0.15) is 0 Å². The molecule has 4 nitrogen and oxygen atoms in total. The topological polar surface area (TPSA) is 83.6 Å². The van der Waals surface area contributed by atoms with E-state index in [1.807, 2.05) is 30.3 Å². The fraction of sp³-hybridized carbons (Fsp3) is 0.200. The van der Waals surface area contributed by atoms with Crippen molar-refractivity contribution in [3.63, 3.8) is 0 Å². The van der Waals surface area contributed by atoms with Crippen LogP contribution in [0.25, 0.3) is 6.08 Å². The summed E-state index contributed by atoms with van der Waals surface area (Å²) in [4.78, 5) is 17.4. The lowest BCUT2D eigenvalue weighted by atomic mass is 10.2. The van der Waals surface area contributed by atoms with E-state index >= 15 is 0 Å². The number of nitrogens with two attached hydrogens (primary N) is 1. The molecular formula is C10H14NO3P. The van der Waals surface area contributed by atoms with Crippen LogP contribution in [-0.4, -0.2) is 22.0 Å². The summed E-state index contributed by atoms with van der Waals surface area (Å²) in [6.07, 6.45) is 3.02. The highest BCUT2D eigenvalue weighted by molar-refractivity contribution is 7.51. The van der Waals surface area contributed by atoms with Crippen LogP contribution in [-0.2, 0) is 4.57 Å². The molecule has 1 aromatic rings. The van der Waals surface area contributed by atoms with E-state index in [4.69, 9.17) is 15.5 Å². The van der Waals surface area contributed by atoms with Crippen LogP contribution in [0.2, 0.25) is 0 Å². The molecule has 0 aliphatic rings. The average molecular weight is 227 g/mol. The SMILES string of the molecule is N[C@@H](/C=C/c1ccccc1)CP(=O)(O)O. The fourth-order valence-corrected chi connectivity index (χ4v) is 1.81. The van der Waals surface area contributed by atoms with Gasteiger partial charge in [0.1, 0.15) is 0 Å². The molecule has 0 aromatic heterocycles. The summed E-state index contributed by atoms with van der Waals surface area (Å²) in [5, 5.41) is 0. The first kappa shape index (κ1) is 12.1. The largest absolute Gasteiger partial charge is 0.327 e. The van der Waals surface area contributed by atoms with Gasteiger partial charge in [-0.15, -0.1) is 0 Å². The number of benzene rings is 1. The smallest absolute Gasteiger partial charge is 0.324 e. The molecule has 0 aliphatic carbocycles. The van der Waals surface area contributed by atoms with E-state index in [0.717, 1.165) is 5.56 Å². The molecule has 0 saturated heterocycles. The highest BCUT2D eigenvalue weighted by atomic mass is 31.2. The molecule has 1 aromatic carbocycles.